The molecular formula is C17H12N4O2S2. The first-order valence-electron chi connectivity index (χ1n) is 7.67. The van der Waals surface area contributed by atoms with E-state index in [-0.39, 0.29) is 0 Å². The number of fused-ring (bicyclic) bond motifs is 2. The summed E-state index contributed by atoms with van der Waals surface area (Å²) in [4.78, 5) is 14.2. The third-order valence-electron chi connectivity index (χ3n) is 3.83. The minimum Gasteiger partial charge on any atom is -0.486 e. The molecule has 124 valence electrons. The van der Waals surface area contributed by atoms with Gasteiger partial charge in [0.25, 0.3) is 0 Å². The molecule has 0 saturated carbocycles. The molecule has 0 fully saturated rings. The van der Waals surface area contributed by atoms with Gasteiger partial charge in [0, 0.05) is 10.9 Å². The molecule has 0 bridgehead atoms. The second-order valence-electron chi connectivity index (χ2n) is 5.38. The van der Waals surface area contributed by atoms with Crippen molar-refractivity contribution in [3.05, 3.63) is 41.4 Å². The quantitative estimate of drug-likeness (QED) is 0.580. The second-order valence-corrected chi connectivity index (χ2v) is 7.14. The Kier molecular flexibility index (Phi) is 3.50. The van der Waals surface area contributed by atoms with Crippen molar-refractivity contribution in [3.63, 3.8) is 0 Å². The van der Waals surface area contributed by atoms with E-state index in [9.17, 15) is 0 Å². The highest BCUT2D eigenvalue weighted by Gasteiger charge is 2.14. The fourth-order valence-corrected chi connectivity index (χ4v) is 4.11. The van der Waals surface area contributed by atoms with Crippen LogP contribution in [0.3, 0.4) is 0 Å². The number of benzene rings is 1. The molecule has 0 unspecified atom stereocenters. The summed E-state index contributed by atoms with van der Waals surface area (Å²) in [7, 11) is 0. The minimum atomic E-state index is 0.574. The minimum absolute atomic E-state index is 0.574. The molecule has 0 saturated heterocycles. The van der Waals surface area contributed by atoms with Crippen molar-refractivity contribution in [2.24, 2.45) is 0 Å². The molecule has 5 rings (SSSR count). The molecule has 1 N–H and O–H groups in total. The molecule has 0 atom stereocenters. The first-order valence-corrected chi connectivity index (χ1v) is 9.43. The lowest BCUT2D eigenvalue weighted by Crippen LogP contribution is -2.15. The summed E-state index contributed by atoms with van der Waals surface area (Å²) < 4.78 is 11.2. The van der Waals surface area contributed by atoms with E-state index in [0.717, 1.165) is 43.9 Å². The maximum absolute atomic E-state index is 5.65. The van der Waals surface area contributed by atoms with Crippen LogP contribution in [0.15, 0.2) is 41.4 Å². The van der Waals surface area contributed by atoms with Crippen molar-refractivity contribution in [3.8, 4) is 22.8 Å². The highest BCUT2D eigenvalue weighted by atomic mass is 32.1. The molecule has 3 aromatic heterocycles. The zero-order chi connectivity index (χ0) is 16.6. The highest BCUT2D eigenvalue weighted by molar-refractivity contribution is 7.16. The van der Waals surface area contributed by atoms with E-state index in [1.165, 1.54) is 11.3 Å². The van der Waals surface area contributed by atoms with E-state index < -0.39 is 0 Å². The van der Waals surface area contributed by atoms with Gasteiger partial charge >= 0.3 is 0 Å². The molecular weight excluding hydrogens is 356 g/mol. The lowest BCUT2D eigenvalue weighted by Gasteiger charge is -2.18. The number of aromatic nitrogens is 3. The van der Waals surface area contributed by atoms with E-state index in [2.05, 4.69) is 20.3 Å². The Morgan fingerprint density at radius 2 is 1.92 bits per heavy atom. The van der Waals surface area contributed by atoms with Crippen LogP contribution >= 0.6 is 22.7 Å². The van der Waals surface area contributed by atoms with Crippen LogP contribution in [0.2, 0.25) is 0 Å². The Morgan fingerprint density at radius 1 is 1.00 bits per heavy atom. The normalized spacial score (nSPS) is 13.1. The topological polar surface area (TPSA) is 69.2 Å². The Hall–Kier alpha value is -2.71. The average Bonchev–Trinajstić information content (AvgIpc) is 3.31. The molecule has 8 heteroatoms. The Balaban J connectivity index is 1.45. The van der Waals surface area contributed by atoms with E-state index >= 15 is 0 Å². The van der Waals surface area contributed by atoms with Gasteiger partial charge in [-0.25, -0.2) is 15.0 Å². The van der Waals surface area contributed by atoms with Crippen LogP contribution in [0, 0.1) is 0 Å². The molecule has 0 radical (unpaired) electrons. The van der Waals surface area contributed by atoms with Crippen LogP contribution in [0.5, 0.6) is 11.5 Å². The van der Waals surface area contributed by atoms with E-state index in [1.54, 1.807) is 17.7 Å². The number of thiazole rings is 1. The summed E-state index contributed by atoms with van der Waals surface area (Å²) >= 11 is 3.13. The predicted octanol–water partition coefficient (Wildman–Crippen LogP) is 4.33. The van der Waals surface area contributed by atoms with Crippen LogP contribution < -0.4 is 14.8 Å². The number of thiophene rings is 1. The van der Waals surface area contributed by atoms with Gasteiger partial charge in [0.2, 0.25) is 0 Å². The zero-order valence-electron chi connectivity index (χ0n) is 12.9. The van der Waals surface area contributed by atoms with Gasteiger partial charge in [-0.05, 0) is 29.6 Å². The maximum Gasteiger partial charge on any atom is 0.188 e. The number of rotatable bonds is 3. The SMILES string of the molecule is c1nc(Nc2nc(-c3ccc4c(c3)OCCO4)cs2)c2ccsc2n1. The van der Waals surface area contributed by atoms with Gasteiger partial charge in [0.1, 0.15) is 30.2 Å². The average molecular weight is 368 g/mol. The standard InChI is InChI=1S/C17H12N4O2S2/c1-2-13-14(23-5-4-22-13)7-10(1)12-8-25-17(20-12)21-15-11-3-6-24-16(11)19-9-18-15/h1-3,6-9H,4-5H2,(H,18,19,20,21). The molecule has 6 nitrogen and oxygen atoms in total. The van der Waals surface area contributed by atoms with E-state index in [1.807, 2.05) is 35.0 Å². The van der Waals surface area contributed by atoms with Crippen LogP contribution in [0.1, 0.15) is 0 Å². The van der Waals surface area contributed by atoms with Crippen molar-refractivity contribution in [1.82, 2.24) is 15.0 Å². The zero-order valence-corrected chi connectivity index (χ0v) is 14.6. The summed E-state index contributed by atoms with van der Waals surface area (Å²) in [6.07, 6.45) is 1.57. The number of nitrogens with one attached hydrogen (secondary N) is 1. The summed E-state index contributed by atoms with van der Waals surface area (Å²) in [5.74, 6) is 2.32. The first kappa shape index (κ1) is 14.6. The maximum atomic E-state index is 5.65. The molecule has 1 aromatic carbocycles. The van der Waals surface area contributed by atoms with Gasteiger partial charge in [-0.1, -0.05) is 0 Å². The van der Waals surface area contributed by atoms with Crippen molar-refractivity contribution < 1.29 is 9.47 Å². The predicted molar refractivity (Wildman–Crippen MR) is 99.2 cm³/mol. The van der Waals surface area contributed by atoms with Crippen LogP contribution in [0.4, 0.5) is 10.9 Å². The van der Waals surface area contributed by atoms with Crippen molar-refractivity contribution >= 4 is 43.8 Å². The van der Waals surface area contributed by atoms with Gasteiger partial charge in [-0.15, -0.1) is 22.7 Å². The molecule has 0 aliphatic carbocycles. The summed E-state index contributed by atoms with van der Waals surface area (Å²) in [5.41, 5.74) is 1.89. The van der Waals surface area contributed by atoms with Crippen LogP contribution in [0.25, 0.3) is 21.5 Å². The van der Waals surface area contributed by atoms with E-state index in [0.29, 0.717) is 13.2 Å². The lowest BCUT2D eigenvalue weighted by atomic mass is 10.1. The number of ether oxygens (including phenoxy) is 2. The number of anilines is 2. The van der Waals surface area contributed by atoms with E-state index in [4.69, 9.17) is 9.47 Å². The fourth-order valence-electron chi connectivity index (χ4n) is 2.66. The molecule has 25 heavy (non-hydrogen) atoms. The number of hydrogen-bond donors (Lipinski definition) is 1. The van der Waals surface area contributed by atoms with Gasteiger partial charge in [0.15, 0.2) is 16.6 Å². The molecule has 1 aliphatic rings. The molecule has 1 aliphatic heterocycles. The summed E-state index contributed by atoms with van der Waals surface area (Å²) in [5, 5.41) is 9.10. The number of hydrogen-bond acceptors (Lipinski definition) is 8. The van der Waals surface area contributed by atoms with Gasteiger partial charge in [0.05, 0.1) is 11.1 Å². The Morgan fingerprint density at radius 3 is 2.88 bits per heavy atom. The van der Waals surface area contributed by atoms with Crippen LogP contribution in [-0.2, 0) is 0 Å². The molecule has 4 aromatic rings. The highest BCUT2D eigenvalue weighted by Crippen LogP contribution is 2.36. The smallest absolute Gasteiger partial charge is 0.188 e. The van der Waals surface area contributed by atoms with Crippen molar-refractivity contribution in [1.29, 1.82) is 0 Å². The molecule has 4 heterocycles. The van der Waals surface area contributed by atoms with Crippen molar-refractivity contribution in [2.45, 2.75) is 0 Å². The second kappa shape index (κ2) is 5.98. The third-order valence-corrected chi connectivity index (χ3v) is 5.41. The largest absolute Gasteiger partial charge is 0.486 e. The summed E-state index contributed by atoms with van der Waals surface area (Å²) in [6.45, 7) is 1.16. The van der Waals surface area contributed by atoms with Gasteiger partial charge < -0.3 is 14.8 Å². The Labute approximate surface area is 151 Å². The fraction of sp³-hybridized carbons (Fsp3) is 0.118. The number of nitrogens with zero attached hydrogens (tertiary/aromatic N) is 3. The third kappa shape index (κ3) is 2.69. The van der Waals surface area contributed by atoms with Crippen molar-refractivity contribution in [2.75, 3.05) is 18.5 Å². The lowest BCUT2D eigenvalue weighted by molar-refractivity contribution is 0.171. The first-order chi connectivity index (χ1) is 12.4. The molecule has 0 spiro atoms. The van der Waals surface area contributed by atoms with Crippen LogP contribution in [-0.4, -0.2) is 28.2 Å². The molecule has 0 amide bonds. The van der Waals surface area contributed by atoms with Gasteiger partial charge in [-0.2, -0.15) is 0 Å². The summed E-state index contributed by atoms with van der Waals surface area (Å²) in [6, 6.07) is 7.90. The monoisotopic (exact) mass is 368 g/mol. The van der Waals surface area contributed by atoms with Gasteiger partial charge in [-0.3, -0.25) is 0 Å². The Bertz CT molecular complexity index is 1060.